The molecule has 0 aliphatic carbocycles. The first-order valence-electron chi connectivity index (χ1n) is 8.62. The van der Waals surface area contributed by atoms with Gasteiger partial charge in [0.25, 0.3) is 5.91 Å². The number of hydrogen-bond acceptors (Lipinski definition) is 5. The molecule has 0 bridgehead atoms. The SMILES string of the molecule is Cc1cc(C(=O)Nc2cccc3cccnc23)nc(Nc2ccc(F)cc2)n1. The summed E-state index contributed by atoms with van der Waals surface area (Å²) in [6.45, 7) is 1.77. The van der Waals surface area contributed by atoms with E-state index in [1.54, 1.807) is 37.4 Å². The Kier molecular flexibility index (Phi) is 4.63. The first kappa shape index (κ1) is 17.5. The van der Waals surface area contributed by atoms with Gasteiger partial charge in [0.15, 0.2) is 0 Å². The fourth-order valence-electron chi connectivity index (χ4n) is 2.79. The summed E-state index contributed by atoms with van der Waals surface area (Å²) in [5.74, 6) is -0.446. The van der Waals surface area contributed by atoms with Gasteiger partial charge in [-0.25, -0.2) is 14.4 Å². The molecular weight excluding hydrogens is 357 g/mol. The van der Waals surface area contributed by atoms with Crippen LogP contribution in [0, 0.1) is 12.7 Å². The van der Waals surface area contributed by atoms with Crippen molar-refractivity contribution in [2.75, 3.05) is 10.6 Å². The van der Waals surface area contributed by atoms with Crippen LogP contribution >= 0.6 is 0 Å². The van der Waals surface area contributed by atoms with Crippen molar-refractivity contribution in [3.05, 3.63) is 84.1 Å². The summed E-state index contributed by atoms with van der Waals surface area (Å²) in [6, 6.07) is 16.8. The Morgan fingerprint density at radius 1 is 1.00 bits per heavy atom. The van der Waals surface area contributed by atoms with Crippen LogP contribution < -0.4 is 10.6 Å². The van der Waals surface area contributed by atoms with Crippen molar-refractivity contribution in [3.8, 4) is 0 Å². The number of aromatic nitrogens is 3. The largest absolute Gasteiger partial charge is 0.324 e. The molecule has 2 aromatic heterocycles. The van der Waals surface area contributed by atoms with Crippen molar-refractivity contribution >= 4 is 34.1 Å². The van der Waals surface area contributed by atoms with Gasteiger partial charge in [-0.2, -0.15) is 0 Å². The number of fused-ring (bicyclic) bond motifs is 1. The van der Waals surface area contributed by atoms with Crippen molar-refractivity contribution in [1.82, 2.24) is 15.0 Å². The van der Waals surface area contributed by atoms with Gasteiger partial charge in [0.05, 0.1) is 11.2 Å². The molecule has 1 amide bonds. The van der Waals surface area contributed by atoms with E-state index in [0.717, 1.165) is 5.39 Å². The van der Waals surface area contributed by atoms with E-state index >= 15 is 0 Å². The highest BCUT2D eigenvalue weighted by Crippen LogP contribution is 2.21. The van der Waals surface area contributed by atoms with Crippen LogP contribution in [0.1, 0.15) is 16.2 Å². The van der Waals surface area contributed by atoms with E-state index in [4.69, 9.17) is 0 Å². The molecule has 6 nitrogen and oxygen atoms in total. The molecule has 7 heteroatoms. The van der Waals surface area contributed by atoms with E-state index in [2.05, 4.69) is 25.6 Å². The Morgan fingerprint density at radius 3 is 2.61 bits per heavy atom. The zero-order valence-corrected chi connectivity index (χ0v) is 15.0. The Bertz CT molecular complexity index is 1160. The maximum atomic E-state index is 13.1. The van der Waals surface area contributed by atoms with Crippen molar-refractivity contribution in [3.63, 3.8) is 0 Å². The number of halogens is 1. The fraction of sp³-hybridized carbons (Fsp3) is 0.0476. The van der Waals surface area contributed by atoms with E-state index in [9.17, 15) is 9.18 Å². The zero-order valence-electron chi connectivity index (χ0n) is 15.0. The van der Waals surface area contributed by atoms with Gasteiger partial charge in [-0.05, 0) is 49.4 Å². The second kappa shape index (κ2) is 7.40. The minimum atomic E-state index is -0.370. The van der Waals surface area contributed by atoms with Gasteiger partial charge in [0, 0.05) is 23.0 Å². The van der Waals surface area contributed by atoms with Crippen LogP contribution in [0.15, 0.2) is 66.9 Å². The average molecular weight is 373 g/mol. The smallest absolute Gasteiger partial charge is 0.274 e. The van der Waals surface area contributed by atoms with Crippen molar-refractivity contribution in [2.45, 2.75) is 6.92 Å². The molecule has 4 rings (SSSR count). The van der Waals surface area contributed by atoms with Crippen LogP contribution in [0.2, 0.25) is 0 Å². The number of pyridine rings is 1. The molecule has 2 N–H and O–H groups in total. The number of hydrogen-bond donors (Lipinski definition) is 2. The maximum absolute atomic E-state index is 13.1. The maximum Gasteiger partial charge on any atom is 0.274 e. The van der Waals surface area contributed by atoms with Crippen molar-refractivity contribution in [2.24, 2.45) is 0 Å². The highest BCUT2D eigenvalue weighted by atomic mass is 19.1. The minimum Gasteiger partial charge on any atom is -0.324 e. The molecule has 138 valence electrons. The molecule has 0 aliphatic rings. The van der Waals surface area contributed by atoms with Crippen LogP contribution in [0.5, 0.6) is 0 Å². The molecule has 28 heavy (non-hydrogen) atoms. The lowest BCUT2D eigenvalue weighted by molar-refractivity contribution is 0.102. The number of carbonyl (C=O) groups is 1. The van der Waals surface area contributed by atoms with E-state index in [-0.39, 0.29) is 23.4 Å². The van der Waals surface area contributed by atoms with E-state index in [1.165, 1.54) is 12.1 Å². The number of rotatable bonds is 4. The van der Waals surface area contributed by atoms with Gasteiger partial charge in [0.2, 0.25) is 5.95 Å². The number of aryl methyl sites for hydroxylation is 1. The number of nitrogens with one attached hydrogen (secondary N) is 2. The molecule has 4 aromatic rings. The molecule has 0 spiro atoms. The van der Waals surface area contributed by atoms with E-state index < -0.39 is 0 Å². The summed E-state index contributed by atoms with van der Waals surface area (Å²) in [5, 5.41) is 6.77. The van der Waals surface area contributed by atoms with Gasteiger partial charge < -0.3 is 10.6 Å². The van der Waals surface area contributed by atoms with E-state index in [1.807, 2.05) is 24.3 Å². The third kappa shape index (κ3) is 3.78. The molecule has 0 saturated heterocycles. The fourth-order valence-corrected chi connectivity index (χ4v) is 2.79. The Balaban J connectivity index is 1.60. The van der Waals surface area contributed by atoms with Crippen LogP contribution in [-0.4, -0.2) is 20.9 Å². The number of amides is 1. The molecular formula is C21H16FN5O. The Hall–Kier alpha value is -3.87. The summed E-state index contributed by atoms with van der Waals surface area (Å²) < 4.78 is 13.1. The minimum absolute atomic E-state index is 0.213. The third-order valence-electron chi connectivity index (χ3n) is 4.07. The average Bonchev–Trinajstić information content (AvgIpc) is 2.69. The van der Waals surface area contributed by atoms with Crippen LogP contribution in [0.25, 0.3) is 10.9 Å². The number of anilines is 3. The second-order valence-corrected chi connectivity index (χ2v) is 6.18. The van der Waals surface area contributed by atoms with Gasteiger partial charge in [-0.1, -0.05) is 18.2 Å². The highest BCUT2D eigenvalue weighted by Gasteiger charge is 2.13. The zero-order chi connectivity index (χ0) is 19.5. The normalized spacial score (nSPS) is 10.6. The van der Waals surface area contributed by atoms with Crippen LogP contribution in [0.4, 0.5) is 21.7 Å². The van der Waals surface area contributed by atoms with Crippen LogP contribution in [0.3, 0.4) is 0 Å². The third-order valence-corrected chi connectivity index (χ3v) is 4.07. The first-order chi connectivity index (χ1) is 13.6. The predicted octanol–water partition coefficient (Wildman–Crippen LogP) is 4.47. The summed E-state index contributed by atoms with van der Waals surface area (Å²) in [7, 11) is 0. The lowest BCUT2D eigenvalue weighted by Crippen LogP contribution is -2.16. The number of nitrogens with zero attached hydrogens (tertiary/aromatic N) is 3. The van der Waals surface area contributed by atoms with Crippen LogP contribution in [-0.2, 0) is 0 Å². The second-order valence-electron chi connectivity index (χ2n) is 6.18. The number of benzene rings is 2. The Labute approximate surface area is 160 Å². The Morgan fingerprint density at radius 2 is 1.79 bits per heavy atom. The molecule has 2 aromatic carbocycles. The van der Waals surface area contributed by atoms with Gasteiger partial charge in [-0.15, -0.1) is 0 Å². The molecule has 2 heterocycles. The van der Waals surface area contributed by atoms with Crippen molar-refractivity contribution in [1.29, 1.82) is 0 Å². The lowest BCUT2D eigenvalue weighted by Gasteiger charge is -2.10. The summed E-state index contributed by atoms with van der Waals surface area (Å²) in [4.78, 5) is 25.6. The highest BCUT2D eigenvalue weighted by molar-refractivity contribution is 6.07. The van der Waals surface area contributed by atoms with Gasteiger partial charge >= 0.3 is 0 Å². The molecule has 0 aliphatic heterocycles. The van der Waals surface area contributed by atoms with E-state index in [0.29, 0.717) is 22.6 Å². The van der Waals surface area contributed by atoms with Gasteiger partial charge in [0.1, 0.15) is 11.5 Å². The number of carbonyl (C=O) groups excluding carboxylic acids is 1. The molecule has 0 radical (unpaired) electrons. The first-order valence-corrected chi connectivity index (χ1v) is 8.62. The molecule has 0 unspecified atom stereocenters. The molecule has 0 atom stereocenters. The predicted molar refractivity (Wildman–Crippen MR) is 106 cm³/mol. The summed E-state index contributed by atoms with van der Waals surface area (Å²) >= 11 is 0. The quantitative estimate of drug-likeness (QED) is 0.552. The summed E-state index contributed by atoms with van der Waals surface area (Å²) in [6.07, 6.45) is 1.68. The molecule has 0 fully saturated rings. The topological polar surface area (TPSA) is 79.8 Å². The number of para-hydroxylation sites is 1. The summed E-state index contributed by atoms with van der Waals surface area (Å²) in [5.41, 5.74) is 2.77. The van der Waals surface area contributed by atoms with Crippen molar-refractivity contribution < 1.29 is 9.18 Å². The van der Waals surface area contributed by atoms with Gasteiger partial charge in [-0.3, -0.25) is 9.78 Å². The standard InChI is InChI=1S/C21H16FN5O/c1-13-12-18(27-21(24-13)25-16-9-7-15(22)8-10-16)20(28)26-17-6-2-4-14-5-3-11-23-19(14)17/h2-12H,1H3,(H,26,28)(H,24,25,27). The monoisotopic (exact) mass is 373 g/mol. The molecule has 0 saturated carbocycles. The lowest BCUT2D eigenvalue weighted by atomic mass is 10.2.